The van der Waals surface area contributed by atoms with E-state index in [1.807, 2.05) is 11.6 Å². The molecule has 1 aliphatic rings. The van der Waals surface area contributed by atoms with Gasteiger partial charge in [0.2, 0.25) is 0 Å². The van der Waals surface area contributed by atoms with Crippen molar-refractivity contribution in [1.82, 2.24) is 15.1 Å². The molecular weight excluding hydrogens is 198 g/mol. The fourth-order valence-electron chi connectivity index (χ4n) is 1.57. The molecule has 0 saturated heterocycles. The number of hydrogen-bond donors (Lipinski definition) is 1. The topological polar surface area (TPSA) is 29.9 Å². The third-order valence-electron chi connectivity index (χ3n) is 2.59. The highest BCUT2D eigenvalue weighted by Crippen LogP contribution is 2.23. The summed E-state index contributed by atoms with van der Waals surface area (Å²) in [5.41, 5.74) is 2.06. The summed E-state index contributed by atoms with van der Waals surface area (Å²) >= 11 is 6.17. The van der Waals surface area contributed by atoms with Gasteiger partial charge in [0.05, 0.1) is 16.4 Å². The van der Waals surface area contributed by atoms with Gasteiger partial charge in [-0.25, -0.2) is 0 Å². The largest absolute Gasteiger partial charge is 0.308 e. The summed E-state index contributed by atoms with van der Waals surface area (Å²) < 4.78 is 1.98. The molecule has 4 heteroatoms. The van der Waals surface area contributed by atoms with E-state index in [2.05, 4.69) is 17.3 Å². The number of nitrogens with zero attached hydrogens (tertiary/aromatic N) is 2. The van der Waals surface area contributed by atoms with Crippen LogP contribution in [0, 0.1) is 6.92 Å². The predicted octanol–water partition coefficient (Wildman–Crippen LogP) is 2.12. The van der Waals surface area contributed by atoms with Gasteiger partial charge in [0.1, 0.15) is 0 Å². The lowest BCUT2D eigenvalue weighted by molar-refractivity contribution is 0.578. The fourth-order valence-corrected chi connectivity index (χ4v) is 1.77. The molecule has 1 fully saturated rings. The van der Waals surface area contributed by atoms with E-state index >= 15 is 0 Å². The summed E-state index contributed by atoms with van der Waals surface area (Å²) in [6, 6.07) is 0.714. The van der Waals surface area contributed by atoms with Gasteiger partial charge >= 0.3 is 0 Å². The SMILES string of the molecule is CCn1nc(C)c(Cl)c1CNC1CC1. The summed E-state index contributed by atoms with van der Waals surface area (Å²) in [7, 11) is 0. The Kier molecular flexibility index (Phi) is 2.79. The van der Waals surface area contributed by atoms with E-state index < -0.39 is 0 Å². The third-order valence-corrected chi connectivity index (χ3v) is 3.08. The van der Waals surface area contributed by atoms with E-state index in [0.29, 0.717) is 6.04 Å². The standard InChI is InChI=1S/C10H16ClN3/c1-3-14-9(6-12-8-4-5-8)10(11)7(2)13-14/h8,12H,3-6H2,1-2H3. The number of rotatable bonds is 4. The van der Waals surface area contributed by atoms with Gasteiger partial charge in [-0.2, -0.15) is 5.10 Å². The quantitative estimate of drug-likeness (QED) is 0.831. The van der Waals surface area contributed by atoms with Crippen LogP contribution in [0.3, 0.4) is 0 Å². The molecule has 0 radical (unpaired) electrons. The van der Waals surface area contributed by atoms with Crippen LogP contribution in [-0.4, -0.2) is 15.8 Å². The Labute approximate surface area is 89.4 Å². The van der Waals surface area contributed by atoms with Crippen LogP contribution >= 0.6 is 11.6 Å². The van der Waals surface area contributed by atoms with Gasteiger partial charge in [0, 0.05) is 19.1 Å². The van der Waals surface area contributed by atoms with Gasteiger partial charge in [-0.3, -0.25) is 4.68 Å². The van der Waals surface area contributed by atoms with Crippen molar-refractivity contribution in [3.8, 4) is 0 Å². The highest BCUT2D eigenvalue weighted by molar-refractivity contribution is 6.31. The molecule has 3 nitrogen and oxygen atoms in total. The summed E-state index contributed by atoms with van der Waals surface area (Å²) in [4.78, 5) is 0. The van der Waals surface area contributed by atoms with Crippen molar-refractivity contribution in [1.29, 1.82) is 0 Å². The van der Waals surface area contributed by atoms with Crippen molar-refractivity contribution in [2.45, 2.75) is 45.8 Å². The van der Waals surface area contributed by atoms with E-state index in [4.69, 9.17) is 11.6 Å². The first-order valence-electron chi connectivity index (χ1n) is 5.17. The van der Waals surface area contributed by atoms with Crippen LogP contribution in [0.2, 0.25) is 5.02 Å². The summed E-state index contributed by atoms with van der Waals surface area (Å²) in [6.07, 6.45) is 2.60. The molecule has 2 rings (SSSR count). The first-order valence-corrected chi connectivity index (χ1v) is 5.55. The lowest BCUT2D eigenvalue weighted by Crippen LogP contribution is -2.18. The van der Waals surface area contributed by atoms with Gasteiger partial charge in [-0.1, -0.05) is 11.6 Å². The Hall–Kier alpha value is -0.540. The molecule has 1 aromatic rings. The maximum atomic E-state index is 6.17. The number of nitrogens with one attached hydrogen (secondary N) is 1. The van der Waals surface area contributed by atoms with E-state index in [1.54, 1.807) is 0 Å². The average Bonchev–Trinajstić information content (AvgIpc) is 2.95. The van der Waals surface area contributed by atoms with Gasteiger partial charge < -0.3 is 5.32 Å². The highest BCUT2D eigenvalue weighted by Gasteiger charge is 2.22. The monoisotopic (exact) mass is 213 g/mol. The number of aryl methyl sites for hydroxylation is 2. The summed E-state index contributed by atoms with van der Waals surface area (Å²) in [5.74, 6) is 0. The molecule has 0 spiro atoms. The van der Waals surface area contributed by atoms with Crippen LogP contribution < -0.4 is 5.32 Å². The van der Waals surface area contributed by atoms with Gasteiger partial charge in [-0.15, -0.1) is 0 Å². The molecule has 1 N–H and O–H groups in total. The molecule has 0 bridgehead atoms. The molecule has 1 heterocycles. The molecule has 0 amide bonds. The maximum absolute atomic E-state index is 6.17. The number of hydrogen-bond acceptors (Lipinski definition) is 2. The Morgan fingerprint density at radius 2 is 2.29 bits per heavy atom. The van der Waals surface area contributed by atoms with Crippen molar-refractivity contribution >= 4 is 11.6 Å². The van der Waals surface area contributed by atoms with Gasteiger partial charge in [0.25, 0.3) is 0 Å². The van der Waals surface area contributed by atoms with Crippen LogP contribution in [0.15, 0.2) is 0 Å². The Balaban J connectivity index is 2.11. The number of aromatic nitrogens is 2. The molecule has 0 aliphatic heterocycles. The zero-order chi connectivity index (χ0) is 10.1. The molecule has 14 heavy (non-hydrogen) atoms. The van der Waals surface area contributed by atoms with Crippen LogP contribution in [0.25, 0.3) is 0 Å². The van der Waals surface area contributed by atoms with E-state index in [-0.39, 0.29) is 0 Å². The molecule has 0 aromatic carbocycles. The average molecular weight is 214 g/mol. The van der Waals surface area contributed by atoms with Crippen molar-refractivity contribution in [3.05, 3.63) is 16.4 Å². The normalized spacial score (nSPS) is 16.2. The third kappa shape index (κ3) is 1.93. The lowest BCUT2D eigenvalue weighted by Gasteiger charge is -2.05. The molecule has 1 saturated carbocycles. The van der Waals surface area contributed by atoms with Crippen molar-refractivity contribution in [2.75, 3.05) is 0 Å². The Bertz CT molecular complexity index is 328. The predicted molar refractivity (Wildman–Crippen MR) is 57.5 cm³/mol. The molecule has 0 unspecified atom stereocenters. The molecule has 1 aromatic heterocycles. The minimum Gasteiger partial charge on any atom is -0.308 e. The smallest absolute Gasteiger partial charge is 0.0860 e. The first-order chi connectivity index (χ1) is 6.72. The van der Waals surface area contributed by atoms with Crippen LogP contribution in [-0.2, 0) is 13.1 Å². The minimum absolute atomic E-state index is 0.714. The Morgan fingerprint density at radius 3 is 2.86 bits per heavy atom. The second-order valence-electron chi connectivity index (χ2n) is 3.82. The molecule has 0 atom stereocenters. The van der Waals surface area contributed by atoms with E-state index in [9.17, 15) is 0 Å². The van der Waals surface area contributed by atoms with Crippen molar-refractivity contribution < 1.29 is 0 Å². The fraction of sp³-hybridized carbons (Fsp3) is 0.700. The zero-order valence-corrected chi connectivity index (χ0v) is 9.43. The van der Waals surface area contributed by atoms with Crippen LogP contribution in [0.4, 0.5) is 0 Å². The van der Waals surface area contributed by atoms with Gasteiger partial charge in [0.15, 0.2) is 0 Å². The lowest BCUT2D eigenvalue weighted by atomic mass is 10.3. The van der Waals surface area contributed by atoms with Gasteiger partial charge in [-0.05, 0) is 26.7 Å². The number of halogens is 1. The second kappa shape index (κ2) is 3.91. The van der Waals surface area contributed by atoms with Crippen LogP contribution in [0.1, 0.15) is 31.2 Å². The molecule has 78 valence electrons. The molecular formula is C10H16ClN3. The second-order valence-corrected chi connectivity index (χ2v) is 4.19. The minimum atomic E-state index is 0.714. The first kappa shape index (κ1) is 9.99. The zero-order valence-electron chi connectivity index (χ0n) is 8.68. The van der Waals surface area contributed by atoms with E-state index in [0.717, 1.165) is 29.5 Å². The van der Waals surface area contributed by atoms with Crippen molar-refractivity contribution in [2.24, 2.45) is 0 Å². The summed E-state index contributed by atoms with van der Waals surface area (Å²) in [5, 5.41) is 8.65. The molecule has 1 aliphatic carbocycles. The van der Waals surface area contributed by atoms with Crippen molar-refractivity contribution in [3.63, 3.8) is 0 Å². The maximum Gasteiger partial charge on any atom is 0.0860 e. The van der Waals surface area contributed by atoms with E-state index in [1.165, 1.54) is 12.8 Å². The Morgan fingerprint density at radius 1 is 1.57 bits per heavy atom. The highest BCUT2D eigenvalue weighted by atomic mass is 35.5. The summed E-state index contributed by atoms with van der Waals surface area (Å²) in [6.45, 7) is 5.77. The van der Waals surface area contributed by atoms with Crippen LogP contribution in [0.5, 0.6) is 0 Å².